The molecule has 6 nitrogen and oxygen atoms in total. The van der Waals surface area contributed by atoms with Crippen LogP contribution in [-0.4, -0.2) is 39.7 Å². The fraction of sp³-hybridized carbons (Fsp3) is 0.588. The van der Waals surface area contributed by atoms with Gasteiger partial charge < -0.3 is 10.6 Å². The second-order valence-corrected chi connectivity index (χ2v) is 9.16. The maximum Gasteiger partial charge on any atom is 0.235 e. The van der Waals surface area contributed by atoms with Crippen molar-refractivity contribution in [2.75, 3.05) is 35.0 Å². The highest BCUT2D eigenvalue weighted by molar-refractivity contribution is 7.93. The largest absolute Gasteiger partial charge is 0.326 e. The first-order chi connectivity index (χ1) is 11.5. The van der Waals surface area contributed by atoms with E-state index in [1.807, 2.05) is 6.07 Å². The third kappa shape index (κ3) is 2.80. The highest BCUT2D eigenvalue weighted by Crippen LogP contribution is 2.58. The Kier molecular flexibility index (Phi) is 3.80. The summed E-state index contributed by atoms with van der Waals surface area (Å²) in [5.41, 5.74) is 1.51. The average molecular weight is 349 g/mol. The lowest BCUT2D eigenvalue weighted by Crippen LogP contribution is -2.31. The second-order valence-electron chi connectivity index (χ2n) is 7.15. The van der Waals surface area contributed by atoms with Crippen molar-refractivity contribution in [3.63, 3.8) is 0 Å². The van der Waals surface area contributed by atoms with Gasteiger partial charge >= 0.3 is 0 Å². The molecule has 7 heteroatoms. The van der Waals surface area contributed by atoms with Gasteiger partial charge in [0.25, 0.3) is 0 Å². The van der Waals surface area contributed by atoms with E-state index in [0.717, 1.165) is 32.4 Å². The van der Waals surface area contributed by atoms with Gasteiger partial charge in [0.2, 0.25) is 15.9 Å². The zero-order chi connectivity index (χ0) is 16.8. The number of rotatable bonds is 3. The molecule has 2 aliphatic heterocycles. The number of carbonyl (C=O) groups is 1. The topological polar surface area (TPSA) is 78.5 Å². The molecule has 1 saturated carbocycles. The van der Waals surface area contributed by atoms with E-state index in [9.17, 15) is 13.2 Å². The van der Waals surface area contributed by atoms with Gasteiger partial charge in [-0.05, 0) is 62.4 Å². The molecule has 1 atom stereocenters. The van der Waals surface area contributed by atoms with Crippen LogP contribution in [0.3, 0.4) is 0 Å². The first-order valence-electron chi connectivity index (χ1n) is 8.62. The first kappa shape index (κ1) is 15.9. The van der Waals surface area contributed by atoms with Gasteiger partial charge in [-0.2, -0.15) is 0 Å². The summed E-state index contributed by atoms with van der Waals surface area (Å²) in [6, 6.07) is 7.16. The van der Waals surface area contributed by atoms with Gasteiger partial charge in [0.05, 0.1) is 11.4 Å². The number of anilines is 2. The number of hydrogen-bond acceptors (Lipinski definition) is 4. The number of benzene rings is 1. The van der Waals surface area contributed by atoms with E-state index in [1.54, 1.807) is 18.2 Å². The lowest BCUT2D eigenvalue weighted by atomic mass is 9.92. The van der Waals surface area contributed by atoms with Crippen LogP contribution < -0.4 is 14.9 Å². The van der Waals surface area contributed by atoms with E-state index in [4.69, 9.17) is 0 Å². The van der Waals surface area contributed by atoms with E-state index in [0.29, 0.717) is 24.3 Å². The van der Waals surface area contributed by atoms with Gasteiger partial charge in [-0.3, -0.25) is 9.10 Å². The summed E-state index contributed by atoms with van der Waals surface area (Å²) in [5.74, 6) is 0.361. The van der Waals surface area contributed by atoms with Crippen molar-refractivity contribution in [3.8, 4) is 0 Å². The Morgan fingerprint density at radius 3 is 2.79 bits per heavy atom. The van der Waals surface area contributed by atoms with Crippen molar-refractivity contribution >= 4 is 27.3 Å². The SMILES string of the molecule is O=C(Nc1cccc(N2CCCS2(=O)=O)c1)C1CC12CCNCC2. The lowest BCUT2D eigenvalue weighted by molar-refractivity contribution is -0.118. The van der Waals surface area contributed by atoms with E-state index < -0.39 is 10.0 Å². The van der Waals surface area contributed by atoms with Crippen LogP contribution in [0.4, 0.5) is 11.4 Å². The molecule has 1 amide bonds. The number of hydrogen-bond donors (Lipinski definition) is 2. The minimum absolute atomic E-state index is 0.0679. The van der Waals surface area contributed by atoms with Crippen LogP contribution in [-0.2, 0) is 14.8 Å². The van der Waals surface area contributed by atoms with Crippen LogP contribution >= 0.6 is 0 Å². The maximum absolute atomic E-state index is 12.5. The average Bonchev–Trinajstić information content (AvgIpc) is 3.12. The molecule has 4 rings (SSSR count). The van der Waals surface area contributed by atoms with Gasteiger partial charge in [0, 0.05) is 18.2 Å². The van der Waals surface area contributed by atoms with E-state index in [-0.39, 0.29) is 23.0 Å². The Morgan fingerprint density at radius 1 is 1.29 bits per heavy atom. The monoisotopic (exact) mass is 349 g/mol. The number of amides is 1. The number of nitrogens with zero attached hydrogens (tertiary/aromatic N) is 1. The standard InChI is InChI=1S/C17H23N3O3S/c21-16(15-12-17(15)5-7-18-8-6-17)19-13-3-1-4-14(11-13)20-9-2-10-24(20,22)23/h1,3-4,11,15,18H,2,5-10,12H2,(H,19,21). The van der Waals surface area contributed by atoms with Gasteiger partial charge in [-0.1, -0.05) is 6.07 Å². The van der Waals surface area contributed by atoms with Crippen LogP contribution in [0, 0.1) is 11.3 Å². The minimum atomic E-state index is -3.20. The van der Waals surface area contributed by atoms with Crippen molar-refractivity contribution in [2.24, 2.45) is 11.3 Å². The first-order valence-corrected chi connectivity index (χ1v) is 10.2. The maximum atomic E-state index is 12.5. The molecular formula is C17H23N3O3S. The fourth-order valence-electron chi connectivity index (χ4n) is 4.09. The Morgan fingerprint density at radius 2 is 2.08 bits per heavy atom. The predicted molar refractivity (Wildman–Crippen MR) is 93.5 cm³/mol. The summed E-state index contributed by atoms with van der Waals surface area (Å²) in [5, 5.41) is 6.33. The number of sulfonamides is 1. The smallest absolute Gasteiger partial charge is 0.235 e. The van der Waals surface area contributed by atoms with Crippen LogP contribution in [0.1, 0.15) is 25.7 Å². The molecule has 1 spiro atoms. The summed E-state index contributed by atoms with van der Waals surface area (Å²) in [6.07, 6.45) is 3.76. The Bertz CT molecular complexity index is 756. The quantitative estimate of drug-likeness (QED) is 0.868. The van der Waals surface area contributed by atoms with E-state index in [1.165, 1.54) is 4.31 Å². The molecule has 0 aromatic heterocycles. The fourth-order valence-corrected chi connectivity index (χ4v) is 5.65. The third-order valence-corrected chi connectivity index (χ3v) is 7.48. The minimum Gasteiger partial charge on any atom is -0.326 e. The van der Waals surface area contributed by atoms with Crippen molar-refractivity contribution < 1.29 is 13.2 Å². The lowest BCUT2D eigenvalue weighted by Gasteiger charge is -2.23. The molecular weight excluding hydrogens is 326 g/mol. The van der Waals surface area contributed by atoms with Crippen LogP contribution in [0.5, 0.6) is 0 Å². The zero-order valence-corrected chi connectivity index (χ0v) is 14.4. The van der Waals surface area contributed by atoms with Crippen LogP contribution in [0.15, 0.2) is 24.3 Å². The zero-order valence-electron chi connectivity index (χ0n) is 13.6. The van der Waals surface area contributed by atoms with Crippen molar-refractivity contribution in [3.05, 3.63) is 24.3 Å². The van der Waals surface area contributed by atoms with Crippen molar-refractivity contribution in [2.45, 2.75) is 25.7 Å². The summed E-state index contributed by atoms with van der Waals surface area (Å²) in [4.78, 5) is 12.5. The molecule has 3 aliphatic rings. The summed E-state index contributed by atoms with van der Waals surface area (Å²) in [6.45, 7) is 2.50. The van der Waals surface area contributed by atoms with Crippen molar-refractivity contribution in [1.29, 1.82) is 0 Å². The predicted octanol–water partition coefficient (Wildman–Crippen LogP) is 1.55. The van der Waals surface area contributed by atoms with Gasteiger partial charge in [0.1, 0.15) is 0 Å². The molecule has 2 N–H and O–H groups in total. The molecule has 0 bridgehead atoms. The molecule has 24 heavy (non-hydrogen) atoms. The molecule has 1 aromatic carbocycles. The summed E-state index contributed by atoms with van der Waals surface area (Å²) >= 11 is 0. The van der Waals surface area contributed by atoms with E-state index >= 15 is 0 Å². The number of carbonyl (C=O) groups excluding carboxylic acids is 1. The molecule has 1 unspecified atom stereocenters. The number of piperidine rings is 1. The Labute approximate surface area is 142 Å². The molecule has 2 saturated heterocycles. The van der Waals surface area contributed by atoms with Gasteiger partial charge in [-0.15, -0.1) is 0 Å². The molecule has 0 radical (unpaired) electrons. The molecule has 1 aliphatic carbocycles. The Hall–Kier alpha value is -1.60. The third-order valence-electron chi connectivity index (χ3n) is 5.61. The highest BCUT2D eigenvalue weighted by atomic mass is 32.2. The number of nitrogens with one attached hydrogen (secondary N) is 2. The van der Waals surface area contributed by atoms with E-state index in [2.05, 4.69) is 10.6 Å². The molecule has 3 fully saturated rings. The molecule has 1 aromatic rings. The summed E-state index contributed by atoms with van der Waals surface area (Å²) < 4.78 is 25.5. The summed E-state index contributed by atoms with van der Waals surface area (Å²) in [7, 11) is -3.20. The Balaban J connectivity index is 1.46. The highest BCUT2D eigenvalue weighted by Gasteiger charge is 2.57. The second kappa shape index (κ2) is 5.74. The normalized spacial score (nSPS) is 27.2. The molecule has 2 heterocycles. The molecule has 130 valence electrons. The van der Waals surface area contributed by atoms with Crippen LogP contribution in [0.25, 0.3) is 0 Å². The van der Waals surface area contributed by atoms with Crippen molar-refractivity contribution in [1.82, 2.24) is 5.32 Å². The van der Waals surface area contributed by atoms with Crippen LogP contribution in [0.2, 0.25) is 0 Å². The van der Waals surface area contributed by atoms with Gasteiger partial charge in [0.15, 0.2) is 0 Å². The van der Waals surface area contributed by atoms with Gasteiger partial charge in [-0.25, -0.2) is 8.42 Å².